The topological polar surface area (TPSA) is 51.3 Å². The standard InChI is InChI=1S/C19H15FN4O/c1-23-10-8-16(22-23)18-12-15(17-7-2-3-9-24(17)18)19(25)21-14-6-4-5-13(20)11-14/h2-12H,1H3,(H,21,25). The average Bonchev–Trinajstić information content (AvgIpc) is 3.18. The van der Waals surface area contributed by atoms with Gasteiger partial charge in [-0.3, -0.25) is 9.48 Å². The predicted molar refractivity (Wildman–Crippen MR) is 94.0 cm³/mol. The summed E-state index contributed by atoms with van der Waals surface area (Å²) in [7, 11) is 1.84. The Kier molecular flexibility index (Phi) is 3.57. The summed E-state index contributed by atoms with van der Waals surface area (Å²) in [6, 6.07) is 15.2. The third-order valence-electron chi connectivity index (χ3n) is 3.98. The normalized spacial score (nSPS) is 11.0. The maximum atomic E-state index is 13.3. The lowest BCUT2D eigenvalue weighted by molar-refractivity contribution is 0.102. The second kappa shape index (κ2) is 5.90. The van der Waals surface area contributed by atoms with Gasteiger partial charge in [0.1, 0.15) is 11.5 Å². The number of hydrogen-bond acceptors (Lipinski definition) is 2. The van der Waals surface area contributed by atoms with Crippen LogP contribution in [-0.2, 0) is 7.05 Å². The van der Waals surface area contributed by atoms with Crippen LogP contribution in [0.15, 0.2) is 67.0 Å². The van der Waals surface area contributed by atoms with Crippen molar-refractivity contribution in [2.45, 2.75) is 0 Å². The van der Waals surface area contributed by atoms with E-state index >= 15 is 0 Å². The highest BCUT2D eigenvalue weighted by Gasteiger charge is 2.17. The summed E-state index contributed by atoms with van der Waals surface area (Å²) in [6.45, 7) is 0. The molecule has 0 fully saturated rings. The van der Waals surface area contributed by atoms with Crippen LogP contribution in [0.3, 0.4) is 0 Å². The zero-order valence-corrected chi connectivity index (χ0v) is 13.5. The van der Waals surface area contributed by atoms with E-state index in [1.807, 2.05) is 48.1 Å². The lowest BCUT2D eigenvalue weighted by Crippen LogP contribution is -2.11. The fourth-order valence-electron chi connectivity index (χ4n) is 2.85. The first-order chi connectivity index (χ1) is 12.1. The molecule has 1 aromatic carbocycles. The van der Waals surface area contributed by atoms with E-state index in [2.05, 4.69) is 10.4 Å². The van der Waals surface area contributed by atoms with E-state index in [-0.39, 0.29) is 5.91 Å². The smallest absolute Gasteiger partial charge is 0.257 e. The minimum absolute atomic E-state index is 0.295. The molecule has 124 valence electrons. The molecule has 3 aromatic heterocycles. The maximum Gasteiger partial charge on any atom is 0.257 e. The number of halogens is 1. The fourth-order valence-corrected chi connectivity index (χ4v) is 2.85. The molecule has 1 amide bonds. The molecular formula is C19H15FN4O. The largest absolute Gasteiger partial charge is 0.322 e. The van der Waals surface area contributed by atoms with E-state index in [1.165, 1.54) is 12.1 Å². The second-order valence-corrected chi connectivity index (χ2v) is 5.74. The van der Waals surface area contributed by atoms with Gasteiger partial charge in [0.2, 0.25) is 0 Å². The first-order valence-electron chi connectivity index (χ1n) is 7.79. The number of carbonyl (C=O) groups excluding carboxylic acids is 1. The van der Waals surface area contributed by atoms with Crippen molar-refractivity contribution in [2.75, 3.05) is 5.32 Å². The molecule has 1 N–H and O–H groups in total. The molecule has 0 bridgehead atoms. The van der Waals surface area contributed by atoms with Crippen molar-refractivity contribution in [1.29, 1.82) is 0 Å². The van der Waals surface area contributed by atoms with Crippen molar-refractivity contribution < 1.29 is 9.18 Å². The van der Waals surface area contributed by atoms with Crippen LogP contribution in [0, 0.1) is 5.82 Å². The zero-order chi connectivity index (χ0) is 17.4. The van der Waals surface area contributed by atoms with Gasteiger partial charge in [-0.2, -0.15) is 5.10 Å². The Bertz CT molecular complexity index is 1080. The molecule has 0 saturated carbocycles. The van der Waals surface area contributed by atoms with Gasteiger partial charge in [-0.05, 0) is 42.5 Å². The van der Waals surface area contributed by atoms with Crippen molar-refractivity contribution in [3.05, 3.63) is 78.4 Å². The Morgan fingerprint density at radius 1 is 1.08 bits per heavy atom. The Labute approximate surface area is 143 Å². The highest BCUT2D eigenvalue weighted by molar-refractivity contribution is 6.10. The number of nitrogens with one attached hydrogen (secondary N) is 1. The number of carbonyl (C=O) groups is 1. The van der Waals surface area contributed by atoms with E-state index in [4.69, 9.17) is 0 Å². The lowest BCUT2D eigenvalue weighted by Gasteiger charge is -2.04. The highest BCUT2D eigenvalue weighted by atomic mass is 19.1. The summed E-state index contributed by atoms with van der Waals surface area (Å²) < 4.78 is 17.0. The monoisotopic (exact) mass is 334 g/mol. The molecule has 0 unspecified atom stereocenters. The number of aryl methyl sites for hydroxylation is 1. The van der Waals surface area contributed by atoms with Crippen molar-refractivity contribution in [1.82, 2.24) is 14.2 Å². The Morgan fingerprint density at radius 2 is 1.96 bits per heavy atom. The van der Waals surface area contributed by atoms with Crippen LogP contribution >= 0.6 is 0 Å². The molecular weight excluding hydrogens is 319 g/mol. The summed E-state index contributed by atoms with van der Waals surface area (Å²) in [5.74, 6) is -0.690. The van der Waals surface area contributed by atoms with Gasteiger partial charge in [0, 0.05) is 25.1 Å². The molecule has 0 aliphatic heterocycles. The molecule has 3 heterocycles. The third-order valence-corrected chi connectivity index (χ3v) is 3.98. The summed E-state index contributed by atoms with van der Waals surface area (Å²) in [4.78, 5) is 12.7. The summed E-state index contributed by atoms with van der Waals surface area (Å²) >= 11 is 0. The summed E-state index contributed by atoms with van der Waals surface area (Å²) in [5.41, 5.74) is 3.27. The van der Waals surface area contributed by atoms with Crippen LogP contribution in [0.2, 0.25) is 0 Å². The van der Waals surface area contributed by atoms with Crippen LogP contribution in [0.1, 0.15) is 10.4 Å². The van der Waals surface area contributed by atoms with Crippen LogP contribution in [0.25, 0.3) is 16.9 Å². The molecule has 5 nitrogen and oxygen atoms in total. The Balaban J connectivity index is 1.78. The number of amides is 1. The Morgan fingerprint density at radius 3 is 2.72 bits per heavy atom. The van der Waals surface area contributed by atoms with E-state index < -0.39 is 5.82 Å². The molecule has 0 atom stereocenters. The number of pyridine rings is 1. The molecule has 4 aromatic rings. The van der Waals surface area contributed by atoms with Crippen molar-refractivity contribution in [3.63, 3.8) is 0 Å². The first-order valence-corrected chi connectivity index (χ1v) is 7.79. The van der Waals surface area contributed by atoms with Gasteiger partial charge in [-0.25, -0.2) is 4.39 Å². The van der Waals surface area contributed by atoms with E-state index in [9.17, 15) is 9.18 Å². The number of rotatable bonds is 3. The Hall–Kier alpha value is -3.41. The van der Waals surface area contributed by atoms with E-state index in [1.54, 1.807) is 22.9 Å². The molecule has 4 rings (SSSR count). The van der Waals surface area contributed by atoms with Crippen molar-refractivity contribution >= 4 is 17.1 Å². The molecule has 0 aliphatic rings. The van der Waals surface area contributed by atoms with Gasteiger partial charge >= 0.3 is 0 Å². The van der Waals surface area contributed by atoms with Gasteiger partial charge in [-0.15, -0.1) is 0 Å². The SMILES string of the molecule is Cn1ccc(-c2cc(C(=O)Nc3cccc(F)c3)c3ccccn23)n1. The van der Waals surface area contributed by atoms with Crippen molar-refractivity contribution in [3.8, 4) is 11.4 Å². The minimum Gasteiger partial charge on any atom is -0.322 e. The van der Waals surface area contributed by atoms with Crippen LogP contribution in [0.4, 0.5) is 10.1 Å². The predicted octanol–water partition coefficient (Wildman–Crippen LogP) is 3.73. The van der Waals surface area contributed by atoms with Gasteiger partial charge in [0.05, 0.1) is 16.8 Å². The average molecular weight is 334 g/mol. The maximum absolute atomic E-state index is 13.3. The summed E-state index contributed by atoms with van der Waals surface area (Å²) in [5, 5.41) is 7.16. The molecule has 25 heavy (non-hydrogen) atoms. The van der Waals surface area contributed by atoms with Gasteiger partial charge in [0.25, 0.3) is 5.91 Å². The van der Waals surface area contributed by atoms with E-state index in [0.717, 1.165) is 16.9 Å². The number of hydrogen-bond donors (Lipinski definition) is 1. The molecule has 0 spiro atoms. The van der Waals surface area contributed by atoms with Gasteiger partial charge in [0.15, 0.2) is 0 Å². The number of fused-ring (bicyclic) bond motifs is 1. The van der Waals surface area contributed by atoms with E-state index in [0.29, 0.717) is 11.3 Å². The zero-order valence-electron chi connectivity index (χ0n) is 13.5. The molecule has 0 aliphatic carbocycles. The van der Waals surface area contributed by atoms with Crippen LogP contribution in [0.5, 0.6) is 0 Å². The number of nitrogens with zero attached hydrogens (tertiary/aromatic N) is 3. The van der Waals surface area contributed by atoms with Crippen molar-refractivity contribution in [2.24, 2.45) is 7.05 Å². The lowest BCUT2D eigenvalue weighted by atomic mass is 10.2. The number of benzene rings is 1. The second-order valence-electron chi connectivity index (χ2n) is 5.74. The summed E-state index contributed by atoms with van der Waals surface area (Å²) in [6.07, 6.45) is 3.74. The number of aromatic nitrogens is 3. The third kappa shape index (κ3) is 2.78. The molecule has 0 saturated heterocycles. The molecule has 0 radical (unpaired) electrons. The molecule has 6 heteroatoms. The van der Waals surface area contributed by atoms with Gasteiger partial charge in [-0.1, -0.05) is 12.1 Å². The fraction of sp³-hybridized carbons (Fsp3) is 0.0526. The van der Waals surface area contributed by atoms with Crippen LogP contribution in [-0.4, -0.2) is 20.1 Å². The first kappa shape index (κ1) is 15.1. The van der Waals surface area contributed by atoms with Gasteiger partial charge < -0.3 is 9.72 Å². The quantitative estimate of drug-likeness (QED) is 0.621. The number of anilines is 1. The highest BCUT2D eigenvalue weighted by Crippen LogP contribution is 2.26. The minimum atomic E-state index is -0.395. The van der Waals surface area contributed by atoms with Crippen LogP contribution < -0.4 is 5.32 Å².